The largest absolute Gasteiger partial charge is 0.444 e. The van der Waals surface area contributed by atoms with Crippen molar-refractivity contribution in [1.29, 1.82) is 0 Å². The zero-order chi connectivity index (χ0) is 18.9. The van der Waals surface area contributed by atoms with Crippen molar-refractivity contribution in [3.63, 3.8) is 0 Å². The third-order valence-electron chi connectivity index (χ3n) is 3.20. The Hall–Kier alpha value is -1.71. The van der Waals surface area contributed by atoms with Gasteiger partial charge in [-0.3, -0.25) is 4.99 Å². The molecular weight excluding hydrogens is 445 g/mol. The maximum Gasteiger partial charge on any atom is 0.407 e. The van der Waals surface area contributed by atoms with E-state index >= 15 is 0 Å². The first-order valence-corrected chi connectivity index (χ1v) is 8.39. The molecule has 148 valence electrons. The van der Waals surface area contributed by atoms with Gasteiger partial charge in [-0.1, -0.05) is 12.1 Å². The summed E-state index contributed by atoms with van der Waals surface area (Å²) in [7, 11) is 5.75. The number of guanidine groups is 1. The van der Waals surface area contributed by atoms with Crippen LogP contribution in [0.4, 0.5) is 10.5 Å². The molecule has 0 saturated heterocycles. The van der Waals surface area contributed by atoms with Crippen LogP contribution in [0.15, 0.2) is 29.3 Å². The molecule has 0 bridgehead atoms. The van der Waals surface area contributed by atoms with Crippen LogP contribution in [0.5, 0.6) is 0 Å². The van der Waals surface area contributed by atoms with Gasteiger partial charge in [0.25, 0.3) is 0 Å². The van der Waals surface area contributed by atoms with Gasteiger partial charge in [-0.05, 0) is 38.5 Å². The quantitative estimate of drug-likeness (QED) is 0.254. The molecular formula is C18H32IN5O2. The Bertz CT molecular complexity index is 585. The molecule has 0 fully saturated rings. The second-order valence-corrected chi connectivity index (χ2v) is 6.85. The summed E-state index contributed by atoms with van der Waals surface area (Å²) in [5.74, 6) is 0.682. The van der Waals surface area contributed by atoms with Crippen molar-refractivity contribution < 1.29 is 9.53 Å². The molecule has 0 aromatic heterocycles. The number of amides is 1. The fraction of sp³-hybridized carbons (Fsp3) is 0.556. The second-order valence-electron chi connectivity index (χ2n) is 6.85. The molecule has 0 heterocycles. The van der Waals surface area contributed by atoms with Crippen LogP contribution in [0.25, 0.3) is 0 Å². The van der Waals surface area contributed by atoms with Crippen molar-refractivity contribution >= 4 is 41.7 Å². The number of nitrogens with zero attached hydrogens (tertiary/aromatic N) is 2. The maximum atomic E-state index is 11.6. The summed E-state index contributed by atoms with van der Waals surface area (Å²) in [6.45, 7) is 7.18. The van der Waals surface area contributed by atoms with Crippen LogP contribution in [-0.4, -0.2) is 51.9 Å². The number of rotatable bonds is 6. The summed E-state index contributed by atoms with van der Waals surface area (Å²) >= 11 is 0. The first-order chi connectivity index (χ1) is 11.7. The molecule has 1 rings (SSSR count). The molecule has 0 radical (unpaired) electrons. The summed E-state index contributed by atoms with van der Waals surface area (Å²) < 4.78 is 5.18. The number of carbonyl (C=O) groups excluding carboxylic acids is 1. The standard InChI is InChI=1S/C18H31N5O2.HI/c1-18(2,3)25-17(24)21-11-10-20-16(19-4)22-13-14-8-7-9-15(12-14)23(5)6;/h7-9,12H,10-11,13H2,1-6H3,(H,21,24)(H2,19,20,22);1H. The highest BCUT2D eigenvalue weighted by molar-refractivity contribution is 14.0. The first-order valence-electron chi connectivity index (χ1n) is 8.39. The number of benzene rings is 1. The fourth-order valence-corrected chi connectivity index (χ4v) is 2.01. The molecule has 26 heavy (non-hydrogen) atoms. The molecule has 0 atom stereocenters. The molecule has 1 aromatic carbocycles. The number of nitrogens with one attached hydrogen (secondary N) is 3. The lowest BCUT2D eigenvalue weighted by molar-refractivity contribution is 0.0529. The number of aliphatic imine (C=N–C) groups is 1. The van der Waals surface area contributed by atoms with Gasteiger partial charge in [-0.25, -0.2) is 4.79 Å². The van der Waals surface area contributed by atoms with Crippen LogP contribution < -0.4 is 20.9 Å². The Kier molecular flexibility index (Phi) is 11.0. The average molecular weight is 477 g/mol. The predicted molar refractivity (Wildman–Crippen MR) is 119 cm³/mol. The van der Waals surface area contributed by atoms with E-state index in [1.807, 2.05) is 40.9 Å². The molecule has 3 N–H and O–H groups in total. The summed E-state index contributed by atoms with van der Waals surface area (Å²) in [4.78, 5) is 17.8. The highest BCUT2D eigenvalue weighted by Crippen LogP contribution is 2.13. The fourth-order valence-electron chi connectivity index (χ4n) is 2.01. The van der Waals surface area contributed by atoms with Gasteiger partial charge in [0.05, 0.1) is 0 Å². The monoisotopic (exact) mass is 477 g/mol. The third kappa shape index (κ3) is 10.3. The van der Waals surface area contributed by atoms with Crippen LogP contribution in [0.2, 0.25) is 0 Å². The van der Waals surface area contributed by atoms with Crippen molar-refractivity contribution in [3.8, 4) is 0 Å². The normalized spacial score (nSPS) is 11.2. The number of hydrogen-bond donors (Lipinski definition) is 3. The molecule has 1 aromatic rings. The van der Waals surface area contributed by atoms with Crippen molar-refractivity contribution in [1.82, 2.24) is 16.0 Å². The molecule has 8 heteroatoms. The molecule has 0 saturated carbocycles. The minimum Gasteiger partial charge on any atom is -0.444 e. The van der Waals surface area contributed by atoms with Crippen molar-refractivity contribution in [2.75, 3.05) is 39.1 Å². The SMILES string of the molecule is CN=C(NCCNC(=O)OC(C)(C)C)NCc1cccc(N(C)C)c1.I. The minimum absolute atomic E-state index is 0. The maximum absolute atomic E-state index is 11.6. The molecule has 0 spiro atoms. The van der Waals surface area contributed by atoms with E-state index in [0.717, 1.165) is 5.69 Å². The highest BCUT2D eigenvalue weighted by atomic mass is 127. The number of anilines is 1. The van der Waals surface area contributed by atoms with E-state index in [0.29, 0.717) is 25.6 Å². The molecule has 0 unspecified atom stereocenters. The number of halogens is 1. The Balaban J connectivity index is 0.00000625. The lowest BCUT2D eigenvalue weighted by Crippen LogP contribution is -2.42. The Labute approximate surface area is 174 Å². The van der Waals surface area contributed by atoms with E-state index in [1.54, 1.807) is 7.05 Å². The van der Waals surface area contributed by atoms with Crippen molar-refractivity contribution in [3.05, 3.63) is 29.8 Å². The number of ether oxygens (including phenoxy) is 1. The van der Waals surface area contributed by atoms with E-state index in [2.05, 4.69) is 44.0 Å². The van der Waals surface area contributed by atoms with Gasteiger partial charge in [0, 0.05) is 46.5 Å². The zero-order valence-electron chi connectivity index (χ0n) is 16.5. The van der Waals surface area contributed by atoms with Gasteiger partial charge in [0.1, 0.15) is 5.60 Å². The lowest BCUT2D eigenvalue weighted by atomic mass is 10.2. The molecule has 0 aliphatic carbocycles. The van der Waals surface area contributed by atoms with E-state index in [-0.39, 0.29) is 24.0 Å². The summed E-state index contributed by atoms with van der Waals surface area (Å²) in [5.41, 5.74) is 1.83. The summed E-state index contributed by atoms with van der Waals surface area (Å²) in [6, 6.07) is 8.30. The molecule has 7 nitrogen and oxygen atoms in total. The van der Waals surface area contributed by atoms with Gasteiger partial charge in [-0.2, -0.15) is 0 Å². The van der Waals surface area contributed by atoms with Crippen LogP contribution in [0.1, 0.15) is 26.3 Å². The van der Waals surface area contributed by atoms with Crippen molar-refractivity contribution in [2.24, 2.45) is 4.99 Å². The van der Waals surface area contributed by atoms with Crippen LogP contribution in [0.3, 0.4) is 0 Å². The van der Waals surface area contributed by atoms with Gasteiger partial charge < -0.3 is 25.6 Å². The van der Waals surface area contributed by atoms with Gasteiger partial charge in [0.15, 0.2) is 5.96 Å². The molecule has 0 aliphatic heterocycles. The van der Waals surface area contributed by atoms with Crippen LogP contribution >= 0.6 is 24.0 Å². The van der Waals surface area contributed by atoms with E-state index in [1.165, 1.54) is 5.56 Å². The van der Waals surface area contributed by atoms with Crippen LogP contribution in [0, 0.1) is 0 Å². The third-order valence-corrected chi connectivity index (χ3v) is 3.20. The first kappa shape index (κ1) is 24.3. The minimum atomic E-state index is -0.490. The van der Waals surface area contributed by atoms with Crippen molar-refractivity contribution in [2.45, 2.75) is 32.9 Å². The second kappa shape index (κ2) is 11.8. The predicted octanol–water partition coefficient (Wildman–Crippen LogP) is 2.56. The van der Waals surface area contributed by atoms with E-state index < -0.39 is 11.7 Å². The topological polar surface area (TPSA) is 78.0 Å². The highest BCUT2D eigenvalue weighted by Gasteiger charge is 2.15. The average Bonchev–Trinajstić information content (AvgIpc) is 2.52. The smallest absolute Gasteiger partial charge is 0.407 e. The number of carbonyl (C=O) groups is 1. The zero-order valence-corrected chi connectivity index (χ0v) is 18.9. The van der Waals surface area contributed by atoms with Gasteiger partial charge >= 0.3 is 6.09 Å². The summed E-state index contributed by atoms with van der Waals surface area (Å²) in [6.07, 6.45) is -0.419. The van der Waals surface area contributed by atoms with Gasteiger partial charge in [0.2, 0.25) is 0 Å². The summed E-state index contributed by atoms with van der Waals surface area (Å²) in [5, 5.41) is 9.11. The van der Waals surface area contributed by atoms with E-state index in [4.69, 9.17) is 4.74 Å². The molecule has 0 aliphatic rings. The lowest BCUT2D eigenvalue weighted by Gasteiger charge is -2.20. The Morgan fingerprint density at radius 2 is 1.81 bits per heavy atom. The Morgan fingerprint density at radius 3 is 2.38 bits per heavy atom. The van der Waals surface area contributed by atoms with Gasteiger partial charge in [-0.15, -0.1) is 24.0 Å². The van der Waals surface area contributed by atoms with E-state index in [9.17, 15) is 4.79 Å². The molecule has 1 amide bonds. The Morgan fingerprint density at radius 1 is 1.15 bits per heavy atom. The number of hydrogen-bond acceptors (Lipinski definition) is 4. The van der Waals surface area contributed by atoms with Crippen LogP contribution in [-0.2, 0) is 11.3 Å². The number of alkyl carbamates (subject to hydrolysis) is 1.